The number of ether oxygens (including phenoxy) is 1. The molecule has 3 aromatic carbocycles. The van der Waals surface area contributed by atoms with Crippen LogP contribution in [0.4, 0.5) is 17.2 Å². The number of hydrogen-bond acceptors (Lipinski definition) is 6. The van der Waals surface area contributed by atoms with Gasteiger partial charge in [-0.25, -0.2) is 9.97 Å². The van der Waals surface area contributed by atoms with Gasteiger partial charge >= 0.3 is 0 Å². The average molecular weight is 595 g/mol. The normalized spacial score (nSPS) is 18.5. The second kappa shape index (κ2) is 10.9. The van der Waals surface area contributed by atoms with E-state index in [-0.39, 0.29) is 11.6 Å². The zero-order valence-electron chi connectivity index (χ0n) is 26.0. The van der Waals surface area contributed by atoms with Crippen molar-refractivity contribution in [3.05, 3.63) is 115 Å². The monoisotopic (exact) mass is 594 g/mol. The van der Waals surface area contributed by atoms with Gasteiger partial charge in [0.05, 0.1) is 29.1 Å². The number of piperidine rings is 1. The lowest BCUT2D eigenvalue weighted by molar-refractivity contribution is 0.121. The Morgan fingerprint density at radius 2 is 1.53 bits per heavy atom. The molecule has 0 aliphatic carbocycles. The Hall–Kier alpha value is -4.88. The van der Waals surface area contributed by atoms with Crippen LogP contribution in [0.5, 0.6) is 5.75 Å². The van der Waals surface area contributed by atoms with Gasteiger partial charge in [-0.15, -0.1) is 0 Å². The Morgan fingerprint density at radius 3 is 2.38 bits per heavy atom. The van der Waals surface area contributed by atoms with Crippen LogP contribution in [-0.4, -0.2) is 40.0 Å². The van der Waals surface area contributed by atoms with E-state index in [0.29, 0.717) is 6.04 Å². The van der Waals surface area contributed by atoms with Crippen LogP contribution in [0, 0.1) is 0 Å². The van der Waals surface area contributed by atoms with Crippen molar-refractivity contribution < 1.29 is 4.74 Å². The van der Waals surface area contributed by atoms with Crippen LogP contribution in [0.3, 0.4) is 0 Å². The molecule has 5 heterocycles. The second-order valence-electron chi connectivity index (χ2n) is 13.1. The molecular weight excluding hydrogens is 556 g/mol. The first-order chi connectivity index (χ1) is 21.9. The number of anilines is 3. The van der Waals surface area contributed by atoms with Crippen LogP contribution >= 0.6 is 0 Å². The van der Waals surface area contributed by atoms with E-state index in [2.05, 4.69) is 136 Å². The summed E-state index contributed by atoms with van der Waals surface area (Å²) in [5.41, 5.74) is 5.98. The summed E-state index contributed by atoms with van der Waals surface area (Å²) >= 11 is 0. The number of para-hydroxylation sites is 3. The minimum absolute atomic E-state index is 0.0262. The van der Waals surface area contributed by atoms with E-state index in [4.69, 9.17) is 9.72 Å². The Morgan fingerprint density at radius 1 is 0.756 bits per heavy atom. The van der Waals surface area contributed by atoms with Gasteiger partial charge in [-0.2, -0.15) is 0 Å². The van der Waals surface area contributed by atoms with Crippen molar-refractivity contribution in [3.63, 3.8) is 0 Å². The Balaban J connectivity index is 1.10. The molecule has 3 aromatic heterocycles. The molecule has 0 spiro atoms. The van der Waals surface area contributed by atoms with Crippen LogP contribution in [-0.2, 0) is 5.41 Å². The molecule has 2 aliphatic rings. The van der Waals surface area contributed by atoms with Gasteiger partial charge in [-0.3, -0.25) is 9.88 Å². The summed E-state index contributed by atoms with van der Waals surface area (Å²) < 4.78 is 9.00. The molecule has 0 radical (unpaired) electrons. The van der Waals surface area contributed by atoms with Crippen molar-refractivity contribution in [3.8, 4) is 11.6 Å². The minimum atomic E-state index is -0.0996. The highest BCUT2D eigenvalue weighted by atomic mass is 16.5. The SMILES string of the molecule is CC(C)(C)c1ccnc(-n2c3ccccc3c3ccc(OC4CC(N5CN(c6ccccn6)c6ccccc65)CCN4)cc32)c1. The number of nitrogens with zero attached hydrogens (tertiary/aromatic N) is 5. The van der Waals surface area contributed by atoms with Crippen molar-refractivity contribution in [2.75, 3.05) is 23.0 Å². The third-order valence-corrected chi connectivity index (χ3v) is 9.24. The summed E-state index contributed by atoms with van der Waals surface area (Å²) in [6.45, 7) is 8.39. The highest BCUT2D eigenvalue weighted by Crippen LogP contribution is 2.42. The molecule has 0 bridgehead atoms. The quantitative estimate of drug-likeness (QED) is 0.219. The third-order valence-electron chi connectivity index (χ3n) is 9.24. The summed E-state index contributed by atoms with van der Waals surface area (Å²) in [4.78, 5) is 14.3. The van der Waals surface area contributed by atoms with Crippen molar-refractivity contribution in [1.82, 2.24) is 19.9 Å². The predicted molar refractivity (Wildman–Crippen MR) is 183 cm³/mol. The minimum Gasteiger partial charge on any atom is -0.475 e. The number of nitrogens with one attached hydrogen (secondary N) is 1. The summed E-state index contributed by atoms with van der Waals surface area (Å²) in [5.74, 6) is 2.75. The fourth-order valence-electron chi connectivity index (χ4n) is 6.94. The lowest BCUT2D eigenvalue weighted by Gasteiger charge is -2.37. The number of hydrogen-bond donors (Lipinski definition) is 1. The molecule has 1 fully saturated rings. The summed E-state index contributed by atoms with van der Waals surface area (Å²) in [7, 11) is 0. The smallest absolute Gasteiger partial charge is 0.152 e. The number of rotatable bonds is 5. The van der Waals surface area contributed by atoms with Gasteiger partial charge in [0, 0.05) is 48.2 Å². The maximum absolute atomic E-state index is 6.72. The molecule has 0 saturated carbocycles. The first-order valence-electron chi connectivity index (χ1n) is 15.9. The molecule has 0 amide bonds. The Kier molecular flexibility index (Phi) is 6.72. The number of benzene rings is 3. The largest absolute Gasteiger partial charge is 0.475 e. The summed E-state index contributed by atoms with van der Waals surface area (Å²) in [5, 5.41) is 6.04. The predicted octanol–water partition coefficient (Wildman–Crippen LogP) is 7.94. The highest BCUT2D eigenvalue weighted by molar-refractivity contribution is 6.09. The molecule has 45 heavy (non-hydrogen) atoms. The Labute approximate surface area is 264 Å². The van der Waals surface area contributed by atoms with Gasteiger partial charge in [0.25, 0.3) is 0 Å². The first kappa shape index (κ1) is 27.7. The van der Waals surface area contributed by atoms with Crippen LogP contribution in [0.15, 0.2) is 109 Å². The first-order valence-corrected chi connectivity index (χ1v) is 15.9. The van der Waals surface area contributed by atoms with E-state index in [1.54, 1.807) is 0 Å². The van der Waals surface area contributed by atoms with E-state index in [9.17, 15) is 0 Å². The maximum Gasteiger partial charge on any atom is 0.152 e. The van der Waals surface area contributed by atoms with Gasteiger partial charge in [-0.1, -0.05) is 57.2 Å². The maximum atomic E-state index is 6.72. The van der Waals surface area contributed by atoms with Gasteiger partial charge in [-0.05, 0) is 72.0 Å². The molecular formula is C38H38N6O. The lowest BCUT2D eigenvalue weighted by Crippen LogP contribution is -2.50. The second-order valence-corrected chi connectivity index (χ2v) is 13.1. The fraction of sp³-hybridized carbons (Fsp3) is 0.263. The topological polar surface area (TPSA) is 58.5 Å². The standard InChI is InChI=1S/C38H38N6O/c1-38(2,3)26-17-20-40-36(22-26)44-31-11-5-4-10-29(31)30-16-15-28(24-34(30)44)45-37-23-27(18-21-41-37)42-25-43(35-14-8-9-19-39-35)33-13-7-6-12-32(33)42/h4-17,19-20,22,24,27,37,41H,18,21,23,25H2,1-3H3. The van der Waals surface area contributed by atoms with Crippen LogP contribution in [0.25, 0.3) is 27.6 Å². The zero-order valence-corrected chi connectivity index (χ0v) is 26.0. The molecule has 2 unspecified atom stereocenters. The molecule has 2 atom stereocenters. The molecule has 226 valence electrons. The molecule has 1 N–H and O–H groups in total. The lowest BCUT2D eigenvalue weighted by atomic mass is 9.88. The summed E-state index contributed by atoms with van der Waals surface area (Å²) in [6.07, 6.45) is 5.61. The summed E-state index contributed by atoms with van der Waals surface area (Å²) in [6, 6.07) is 34.5. The van der Waals surface area contributed by atoms with Crippen LogP contribution in [0.1, 0.15) is 39.2 Å². The number of fused-ring (bicyclic) bond motifs is 4. The van der Waals surface area contributed by atoms with Gasteiger partial charge in [0.2, 0.25) is 0 Å². The van der Waals surface area contributed by atoms with E-state index in [1.165, 1.54) is 27.7 Å². The van der Waals surface area contributed by atoms with E-state index in [0.717, 1.165) is 54.5 Å². The molecule has 8 rings (SSSR count). The molecule has 6 aromatic rings. The molecule has 2 aliphatic heterocycles. The molecule has 1 saturated heterocycles. The van der Waals surface area contributed by atoms with Crippen molar-refractivity contribution >= 4 is 39.0 Å². The van der Waals surface area contributed by atoms with Gasteiger partial charge in [0.1, 0.15) is 17.4 Å². The highest BCUT2D eigenvalue weighted by Gasteiger charge is 2.35. The van der Waals surface area contributed by atoms with E-state index < -0.39 is 0 Å². The van der Waals surface area contributed by atoms with Crippen molar-refractivity contribution in [2.24, 2.45) is 0 Å². The number of aromatic nitrogens is 3. The van der Waals surface area contributed by atoms with Gasteiger partial charge in [0.15, 0.2) is 6.23 Å². The third kappa shape index (κ3) is 4.97. The molecule has 7 nitrogen and oxygen atoms in total. The average Bonchev–Trinajstić information content (AvgIpc) is 3.61. The fourth-order valence-corrected chi connectivity index (χ4v) is 6.94. The van der Waals surface area contributed by atoms with E-state index in [1.807, 2.05) is 18.5 Å². The van der Waals surface area contributed by atoms with Crippen molar-refractivity contribution in [1.29, 1.82) is 0 Å². The van der Waals surface area contributed by atoms with E-state index >= 15 is 0 Å². The zero-order chi connectivity index (χ0) is 30.5. The van der Waals surface area contributed by atoms with Crippen LogP contribution in [0.2, 0.25) is 0 Å². The Bertz CT molecular complexity index is 2000. The van der Waals surface area contributed by atoms with Crippen molar-refractivity contribution in [2.45, 2.75) is 51.3 Å². The molecule has 7 heteroatoms. The van der Waals surface area contributed by atoms with Crippen LogP contribution < -0.4 is 19.9 Å². The number of pyridine rings is 2. The van der Waals surface area contributed by atoms with Gasteiger partial charge < -0.3 is 14.5 Å².